The monoisotopic (exact) mass is 349 g/mol. The van der Waals surface area contributed by atoms with Gasteiger partial charge in [0, 0.05) is 48.6 Å². The molecule has 134 valence electrons. The minimum atomic E-state index is -0.156. The lowest BCUT2D eigenvalue weighted by Crippen LogP contribution is -2.33. The van der Waals surface area contributed by atoms with E-state index in [9.17, 15) is 4.79 Å². The SMILES string of the molecule is CC(C)[C@@H](NC(=O)c1ccc(-c2cnccc2N)cc1)c1nccn1C. The maximum Gasteiger partial charge on any atom is 0.251 e. The Morgan fingerprint density at radius 3 is 2.46 bits per heavy atom. The number of imidazole rings is 1. The van der Waals surface area contributed by atoms with Crippen molar-refractivity contribution in [2.45, 2.75) is 19.9 Å². The molecule has 6 heteroatoms. The number of rotatable bonds is 5. The molecule has 0 fully saturated rings. The van der Waals surface area contributed by atoms with Crippen molar-refractivity contribution < 1.29 is 4.79 Å². The lowest BCUT2D eigenvalue weighted by atomic mass is 10.0. The van der Waals surface area contributed by atoms with Crippen molar-refractivity contribution in [3.63, 3.8) is 0 Å². The Labute approximate surface area is 153 Å². The van der Waals surface area contributed by atoms with Gasteiger partial charge in [-0.1, -0.05) is 26.0 Å². The molecule has 0 radical (unpaired) electrons. The number of carbonyl (C=O) groups is 1. The van der Waals surface area contributed by atoms with Crippen molar-refractivity contribution in [2.24, 2.45) is 13.0 Å². The summed E-state index contributed by atoms with van der Waals surface area (Å²) in [5.41, 5.74) is 9.02. The second-order valence-corrected chi connectivity index (χ2v) is 6.63. The maximum absolute atomic E-state index is 12.7. The smallest absolute Gasteiger partial charge is 0.251 e. The molecule has 3 rings (SSSR count). The summed E-state index contributed by atoms with van der Waals surface area (Å²) in [6.07, 6.45) is 7.00. The van der Waals surface area contributed by atoms with Crippen LogP contribution in [0.3, 0.4) is 0 Å². The van der Waals surface area contributed by atoms with Crippen molar-refractivity contribution in [3.8, 4) is 11.1 Å². The fourth-order valence-electron chi connectivity index (χ4n) is 2.88. The molecule has 0 bridgehead atoms. The average Bonchev–Trinajstić information content (AvgIpc) is 3.05. The van der Waals surface area contributed by atoms with Crippen molar-refractivity contribution in [1.29, 1.82) is 0 Å². The Hall–Kier alpha value is -3.15. The molecule has 1 aromatic carbocycles. The molecule has 3 N–H and O–H groups in total. The number of aryl methyl sites for hydroxylation is 1. The van der Waals surface area contributed by atoms with E-state index >= 15 is 0 Å². The Morgan fingerprint density at radius 2 is 1.88 bits per heavy atom. The number of nitrogens with one attached hydrogen (secondary N) is 1. The van der Waals surface area contributed by atoms with Crippen LogP contribution in [0.1, 0.15) is 36.1 Å². The predicted octanol–water partition coefficient (Wildman–Crippen LogP) is 3.19. The highest BCUT2D eigenvalue weighted by atomic mass is 16.1. The third-order valence-electron chi connectivity index (χ3n) is 4.40. The number of hydrogen-bond donors (Lipinski definition) is 2. The standard InChI is InChI=1S/C20H23N5O/c1-13(2)18(19-23-10-11-25(19)3)24-20(26)15-6-4-14(5-7-15)16-12-22-9-8-17(16)21/h4-13,18H,1-3H3,(H2,21,22)(H,24,26)/t18-/m1/s1. The minimum absolute atomic E-state index is 0.127. The van der Waals surface area contributed by atoms with E-state index in [1.165, 1.54) is 0 Å². The van der Waals surface area contributed by atoms with Crippen LogP contribution in [-0.2, 0) is 7.05 Å². The summed E-state index contributed by atoms with van der Waals surface area (Å²) in [7, 11) is 1.93. The first kappa shape index (κ1) is 17.7. The quantitative estimate of drug-likeness (QED) is 0.741. The van der Waals surface area contributed by atoms with Gasteiger partial charge < -0.3 is 15.6 Å². The second kappa shape index (κ2) is 7.39. The molecule has 0 aliphatic rings. The Bertz CT molecular complexity index is 899. The van der Waals surface area contributed by atoms with E-state index in [1.807, 2.05) is 29.9 Å². The zero-order chi connectivity index (χ0) is 18.7. The average molecular weight is 349 g/mol. The number of nitrogens with zero attached hydrogens (tertiary/aromatic N) is 3. The lowest BCUT2D eigenvalue weighted by molar-refractivity contribution is 0.0922. The highest BCUT2D eigenvalue weighted by Gasteiger charge is 2.22. The van der Waals surface area contributed by atoms with E-state index < -0.39 is 0 Å². The van der Waals surface area contributed by atoms with Crippen molar-refractivity contribution in [3.05, 3.63) is 66.5 Å². The minimum Gasteiger partial charge on any atom is -0.398 e. The second-order valence-electron chi connectivity index (χ2n) is 6.63. The number of hydrogen-bond acceptors (Lipinski definition) is 4. The molecule has 3 aromatic rings. The van der Waals surface area contributed by atoms with Crippen molar-refractivity contribution in [1.82, 2.24) is 19.9 Å². The summed E-state index contributed by atoms with van der Waals surface area (Å²) in [6.45, 7) is 4.13. The summed E-state index contributed by atoms with van der Waals surface area (Å²) >= 11 is 0. The third-order valence-corrected chi connectivity index (χ3v) is 4.40. The van der Waals surface area contributed by atoms with Crippen LogP contribution in [0.2, 0.25) is 0 Å². The normalized spacial score (nSPS) is 12.2. The van der Waals surface area contributed by atoms with Gasteiger partial charge in [0.25, 0.3) is 5.91 Å². The van der Waals surface area contributed by atoms with Crippen LogP contribution >= 0.6 is 0 Å². The van der Waals surface area contributed by atoms with Gasteiger partial charge in [0.2, 0.25) is 0 Å². The Balaban J connectivity index is 1.80. The van der Waals surface area contributed by atoms with Gasteiger partial charge in [0.05, 0.1) is 6.04 Å². The first-order valence-corrected chi connectivity index (χ1v) is 8.55. The van der Waals surface area contributed by atoms with E-state index in [0.717, 1.165) is 17.0 Å². The first-order chi connectivity index (χ1) is 12.5. The Morgan fingerprint density at radius 1 is 1.15 bits per heavy atom. The number of amides is 1. The number of pyridine rings is 1. The summed E-state index contributed by atoms with van der Waals surface area (Å²) in [4.78, 5) is 21.2. The number of anilines is 1. The van der Waals surface area contributed by atoms with Crippen LogP contribution in [0.15, 0.2) is 55.1 Å². The molecule has 2 aromatic heterocycles. The molecule has 0 saturated carbocycles. The van der Waals surface area contributed by atoms with Crippen LogP contribution in [0.4, 0.5) is 5.69 Å². The molecule has 1 atom stereocenters. The van der Waals surface area contributed by atoms with Gasteiger partial charge in [-0.05, 0) is 29.7 Å². The van der Waals surface area contributed by atoms with Crippen LogP contribution < -0.4 is 11.1 Å². The van der Waals surface area contributed by atoms with Gasteiger partial charge >= 0.3 is 0 Å². The zero-order valence-electron chi connectivity index (χ0n) is 15.2. The number of nitrogens with two attached hydrogens (primary N) is 1. The van der Waals surface area contributed by atoms with Gasteiger partial charge in [0.1, 0.15) is 5.82 Å². The van der Waals surface area contributed by atoms with Crippen LogP contribution in [0.5, 0.6) is 0 Å². The molecular formula is C20H23N5O. The molecular weight excluding hydrogens is 326 g/mol. The number of benzene rings is 1. The molecule has 2 heterocycles. The molecule has 26 heavy (non-hydrogen) atoms. The van der Waals surface area contributed by atoms with Crippen LogP contribution in [0, 0.1) is 5.92 Å². The number of aromatic nitrogens is 3. The maximum atomic E-state index is 12.7. The molecule has 0 aliphatic carbocycles. The zero-order valence-corrected chi connectivity index (χ0v) is 15.2. The largest absolute Gasteiger partial charge is 0.398 e. The number of carbonyl (C=O) groups excluding carboxylic acids is 1. The van der Waals surface area contributed by atoms with E-state index in [0.29, 0.717) is 11.3 Å². The van der Waals surface area contributed by atoms with E-state index in [1.54, 1.807) is 36.8 Å². The summed E-state index contributed by atoms with van der Waals surface area (Å²) in [5.74, 6) is 0.931. The van der Waals surface area contributed by atoms with Crippen molar-refractivity contribution in [2.75, 3.05) is 5.73 Å². The summed E-state index contributed by atoms with van der Waals surface area (Å²) in [5, 5.41) is 3.09. The summed E-state index contributed by atoms with van der Waals surface area (Å²) in [6, 6.07) is 8.97. The van der Waals surface area contributed by atoms with Gasteiger partial charge in [-0.2, -0.15) is 0 Å². The highest BCUT2D eigenvalue weighted by Crippen LogP contribution is 2.25. The number of nitrogen functional groups attached to an aromatic ring is 1. The highest BCUT2D eigenvalue weighted by molar-refractivity contribution is 5.95. The molecule has 0 spiro atoms. The molecule has 0 unspecified atom stereocenters. The van der Waals surface area contributed by atoms with E-state index in [4.69, 9.17) is 5.73 Å². The van der Waals surface area contributed by atoms with Crippen LogP contribution in [0.25, 0.3) is 11.1 Å². The van der Waals surface area contributed by atoms with Gasteiger partial charge in [-0.3, -0.25) is 9.78 Å². The molecule has 1 amide bonds. The fraction of sp³-hybridized carbons (Fsp3) is 0.250. The van der Waals surface area contributed by atoms with Crippen LogP contribution in [-0.4, -0.2) is 20.4 Å². The van der Waals surface area contributed by atoms with Gasteiger partial charge in [-0.15, -0.1) is 0 Å². The first-order valence-electron chi connectivity index (χ1n) is 8.55. The molecule has 6 nitrogen and oxygen atoms in total. The van der Waals surface area contributed by atoms with Gasteiger partial charge in [-0.25, -0.2) is 4.98 Å². The van der Waals surface area contributed by atoms with E-state index in [-0.39, 0.29) is 17.9 Å². The molecule has 0 aliphatic heterocycles. The predicted molar refractivity (Wildman–Crippen MR) is 102 cm³/mol. The summed E-state index contributed by atoms with van der Waals surface area (Å²) < 4.78 is 1.93. The lowest BCUT2D eigenvalue weighted by Gasteiger charge is -2.22. The Kier molecular flexibility index (Phi) is 5.02. The topological polar surface area (TPSA) is 85.8 Å². The fourth-order valence-corrected chi connectivity index (χ4v) is 2.88. The van der Waals surface area contributed by atoms with Crippen molar-refractivity contribution >= 4 is 11.6 Å². The van der Waals surface area contributed by atoms with E-state index in [2.05, 4.69) is 29.1 Å². The third kappa shape index (κ3) is 3.59. The van der Waals surface area contributed by atoms with Gasteiger partial charge in [0.15, 0.2) is 0 Å². The molecule has 0 saturated heterocycles.